The first-order valence-corrected chi connectivity index (χ1v) is 6.69. The molecule has 0 saturated heterocycles. The molecule has 5 nitrogen and oxygen atoms in total. The Kier molecular flexibility index (Phi) is 3.39. The first kappa shape index (κ1) is 13.6. The zero-order valence-corrected chi connectivity index (χ0v) is 11.8. The van der Waals surface area contributed by atoms with E-state index >= 15 is 0 Å². The summed E-state index contributed by atoms with van der Waals surface area (Å²) >= 11 is 5.29. The lowest BCUT2D eigenvalue weighted by atomic mass is 10.2. The maximum Gasteiger partial charge on any atom is 0.255 e. The summed E-state index contributed by atoms with van der Waals surface area (Å²) in [7, 11) is 0. The number of hydrogen-bond donors (Lipinski definition) is 0. The molecule has 0 unspecified atom stereocenters. The first-order chi connectivity index (χ1) is 10.1. The molecule has 0 amide bonds. The number of fused-ring (bicyclic) bond motifs is 1. The maximum absolute atomic E-state index is 13.9. The molecule has 0 N–H and O–H groups in total. The Bertz CT molecular complexity index is 846. The maximum atomic E-state index is 13.9. The summed E-state index contributed by atoms with van der Waals surface area (Å²) in [5.41, 5.74) is 2.30. The predicted octanol–water partition coefficient (Wildman–Crippen LogP) is 2.90. The Morgan fingerprint density at radius 1 is 1.33 bits per heavy atom. The zero-order valence-electron chi connectivity index (χ0n) is 11.0. The highest BCUT2D eigenvalue weighted by atomic mass is 35.5. The van der Waals surface area contributed by atoms with Crippen molar-refractivity contribution in [2.45, 2.75) is 13.3 Å². The van der Waals surface area contributed by atoms with Gasteiger partial charge < -0.3 is 0 Å². The Labute approximate surface area is 124 Å². The molecule has 0 atom stereocenters. The summed E-state index contributed by atoms with van der Waals surface area (Å²) in [6, 6.07) is 7.74. The van der Waals surface area contributed by atoms with E-state index in [1.165, 1.54) is 16.8 Å². The van der Waals surface area contributed by atoms with Crippen LogP contribution in [0.5, 0.6) is 0 Å². The average Bonchev–Trinajstić information content (AvgIpc) is 2.89. The first-order valence-electron chi connectivity index (χ1n) is 6.31. The van der Waals surface area contributed by atoms with Crippen LogP contribution in [0.4, 0.5) is 4.39 Å². The summed E-state index contributed by atoms with van der Waals surface area (Å²) < 4.78 is 15.3. The van der Waals surface area contributed by atoms with Crippen molar-refractivity contribution in [3.8, 4) is 5.69 Å². The van der Waals surface area contributed by atoms with Gasteiger partial charge in [-0.1, -0.05) is 12.1 Å². The van der Waals surface area contributed by atoms with E-state index in [2.05, 4.69) is 15.3 Å². The molecule has 0 fully saturated rings. The van der Waals surface area contributed by atoms with Gasteiger partial charge in [0.2, 0.25) is 0 Å². The molecule has 7 heteroatoms. The number of pyridine rings is 1. The zero-order chi connectivity index (χ0) is 15.0. The fourth-order valence-corrected chi connectivity index (χ4v) is 2.17. The number of aryl methyl sites for hydroxylation is 1. The monoisotopic (exact) mass is 304 g/mol. The number of carbonyl (C=O) groups excluding carboxylic acids is 1. The molecule has 0 aliphatic carbocycles. The van der Waals surface area contributed by atoms with Crippen molar-refractivity contribution in [1.29, 1.82) is 0 Å². The topological polar surface area (TPSA) is 60.7 Å². The van der Waals surface area contributed by atoms with Crippen molar-refractivity contribution in [2.24, 2.45) is 0 Å². The number of nitrogens with zero attached hydrogens (tertiary/aromatic N) is 4. The van der Waals surface area contributed by atoms with Gasteiger partial charge in [0.05, 0.1) is 11.3 Å². The second kappa shape index (κ2) is 5.21. The summed E-state index contributed by atoms with van der Waals surface area (Å²) in [6.07, 6.45) is 0.773. The van der Waals surface area contributed by atoms with Crippen LogP contribution in [0.2, 0.25) is 0 Å². The van der Waals surface area contributed by atoms with E-state index in [4.69, 9.17) is 11.6 Å². The van der Waals surface area contributed by atoms with Gasteiger partial charge >= 0.3 is 0 Å². The van der Waals surface area contributed by atoms with E-state index in [9.17, 15) is 9.18 Å². The summed E-state index contributed by atoms with van der Waals surface area (Å²) in [4.78, 5) is 15.5. The van der Waals surface area contributed by atoms with Gasteiger partial charge in [0.25, 0.3) is 5.24 Å². The minimum atomic E-state index is -0.839. The van der Waals surface area contributed by atoms with Crippen LogP contribution in [0.3, 0.4) is 0 Å². The average molecular weight is 305 g/mol. The number of hydrogen-bond acceptors (Lipinski definition) is 4. The fourth-order valence-electron chi connectivity index (χ4n) is 2.02. The van der Waals surface area contributed by atoms with Crippen LogP contribution < -0.4 is 0 Å². The predicted molar refractivity (Wildman–Crippen MR) is 76.2 cm³/mol. The largest absolute Gasteiger partial charge is 0.275 e. The van der Waals surface area contributed by atoms with Crippen LogP contribution in [0.15, 0.2) is 30.3 Å². The summed E-state index contributed by atoms with van der Waals surface area (Å²) in [5, 5.41) is 7.13. The molecule has 0 radical (unpaired) electrons. The van der Waals surface area contributed by atoms with E-state index in [0.29, 0.717) is 16.9 Å². The highest BCUT2D eigenvalue weighted by Gasteiger charge is 2.13. The van der Waals surface area contributed by atoms with Crippen molar-refractivity contribution in [2.75, 3.05) is 0 Å². The van der Waals surface area contributed by atoms with Crippen LogP contribution in [0.25, 0.3) is 16.9 Å². The second-order valence-corrected chi connectivity index (χ2v) is 4.78. The Morgan fingerprint density at radius 2 is 2.14 bits per heavy atom. The highest BCUT2D eigenvalue weighted by Crippen LogP contribution is 2.19. The van der Waals surface area contributed by atoms with E-state index in [1.807, 2.05) is 19.1 Å². The van der Waals surface area contributed by atoms with E-state index in [0.717, 1.165) is 12.1 Å². The van der Waals surface area contributed by atoms with E-state index in [1.54, 1.807) is 6.07 Å². The quantitative estimate of drug-likeness (QED) is 0.698. The number of rotatable bonds is 3. The van der Waals surface area contributed by atoms with Crippen LogP contribution in [0, 0.1) is 5.82 Å². The third-order valence-corrected chi connectivity index (χ3v) is 3.33. The lowest BCUT2D eigenvalue weighted by Crippen LogP contribution is -2.02. The molecule has 106 valence electrons. The van der Waals surface area contributed by atoms with Gasteiger partial charge in [-0.15, -0.1) is 5.10 Å². The van der Waals surface area contributed by atoms with Crippen molar-refractivity contribution in [3.63, 3.8) is 0 Å². The minimum absolute atomic E-state index is 0.174. The summed E-state index contributed by atoms with van der Waals surface area (Å²) in [5.74, 6) is -0.706. The SMILES string of the molecule is CCc1ccc2nnn(-c3ccc(C(=O)Cl)c(F)c3)c2n1. The van der Waals surface area contributed by atoms with Crippen LogP contribution >= 0.6 is 11.6 Å². The number of halogens is 2. The van der Waals surface area contributed by atoms with Gasteiger partial charge in [-0.05, 0) is 42.3 Å². The standard InChI is InChI=1S/C14H10ClFN4O/c1-2-8-3-6-12-14(17-8)20(19-18-12)9-4-5-10(13(15)21)11(16)7-9/h3-7H,2H2,1H3. The molecular formula is C14H10ClFN4O. The smallest absolute Gasteiger partial charge is 0.255 e. The molecule has 3 aromatic rings. The van der Waals surface area contributed by atoms with Gasteiger partial charge in [-0.25, -0.2) is 9.37 Å². The fraction of sp³-hybridized carbons (Fsp3) is 0.143. The van der Waals surface area contributed by atoms with E-state index < -0.39 is 11.1 Å². The van der Waals surface area contributed by atoms with Crippen molar-refractivity contribution in [3.05, 3.63) is 47.4 Å². The summed E-state index contributed by atoms with van der Waals surface area (Å²) in [6.45, 7) is 1.99. The molecule has 21 heavy (non-hydrogen) atoms. The van der Waals surface area contributed by atoms with Crippen molar-refractivity contribution >= 4 is 28.0 Å². The molecular weight excluding hydrogens is 295 g/mol. The van der Waals surface area contributed by atoms with Gasteiger partial charge in [0, 0.05) is 11.8 Å². The molecule has 3 rings (SSSR count). The lowest BCUT2D eigenvalue weighted by molar-refractivity contribution is 0.107. The van der Waals surface area contributed by atoms with Gasteiger partial charge in [-0.3, -0.25) is 4.79 Å². The molecule has 2 aromatic heterocycles. The van der Waals surface area contributed by atoms with Crippen LogP contribution in [-0.2, 0) is 6.42 Å². The normalized spacial score (nSPS) is 11.0. The number of aromatic nitrogens is 4. The van der Waals surface area contributed by atoms with Gasteiger partial charge in [0.15, 0.2) is 5.65 Å². The molecule has 0 aliphatic heterocycles. The van der Waals surface area contributed by atoms with E-state index in [-0.39, 0.29) is 5.56 Å². The Hall–Kier alpha value is -2.34. The van der Waals surface area contributed by atoms with Crippen molar-refractivity contribution in [1.82, 2.24) is 20.0 Å². The third kappa shape index (κ3) is 2.38. The molecule has 0 bridgehead atoms. The Morgan fingerprint density at radius 3 is 2.81 bits per heavy atom. The third-order valence-electron chi connectivity index (χ3n) is 3.13. The van der Waals surface area contributed by atoms with Crippen LogP contribution in [0.1, 0.15) is 23.0 Å². The second-order valence-electron chi connectivity index (χ2n) is 4.44. The molecule has 2 heterocycles. The molecule has 1 aromatic carbocycles. The van der Waals surface area contributed by atoms with Crippen LogP contribution in [-0.4, -0.2) is 25.2 Å². The molecule has 0 aliphatic rings. The minimum Gasteiger partial charge on any atom is -0.275 e. The van der Waals surface area contributed by atoms with Gasteiger partial charge in [-0.2, -0.15) is 4.68 Å². The number of carbonyl (C=O) groups is 1. The van der Waals surface area contributed by atoms with Gasteiger partial charge in [0.1, 0.15) is 11.3 Å². The number of benzene rings is 1. The highest BCUT2D eigenvalue weighted by molar-refractivity contribution is 6.67. The molecule has 0 spiro atoms. The van der Waals surface area contributed by atoms with Crippen molar-refractivity contribution < 1.29 is 9.18 Å². The lowest BCUT2D eigenvalue weighted by Gasteiger charge is -2.04. The molecule has 0 saturated carbocycles. The Balaban J connectivity index is 2.16.